The summed E-state index contributed by atoms with van der Waals surface area (Å²) in [5.74, 6) is -1.03. The minimum Gasteiger partial charge on any atom is -0.339 e. The highest BCUT2D eigenvalue weighted by molar-refractivity contribution is 7.92. The van der Waals surface area contributed by atoms with E-state index < -0.39 is 21.7 Å². The summed E-state index contributed by atoms with van der Waals surface area (Å²) in [5.41, 5.74) is 1.69. The van der Waals surface area contributed by atoms with Crippen LogP contribution in [0, 0.1) is 5.82 Å². The van der Waals surface area contributed by atoms with Gasteiger partial charge in [0.05, 0.1) is 29.7 Å². The van der Waals surface area contributed by atoms with Gasteiger partial charge in [-0.25, -0.2) is 12.8 Å². The van der Waals surface area contributed by atoms with Crippen LogP contribution in [0.4, 0.5) is 15.8 Å². The van der Waals surface area contributed by atoms with Crippen molar-refractivity contribution in [3.05, 3.63) is 95.3 Å². The van der Waals surface area contributed by atoms with Crippen molar-refractivity contribution >= 4 is 33.2 Å². The Bertz CT molecular complexity index is 1370. The Hall–Kier alpha value is -3.72. The zero-order chi connectivity index (χ0) is 26.4. The molecule has 1 aliphatic heterocycles. The quantitative estimate of drug-likeness (QED) is 0.469. The predicted octanol–water partition coefficient (Wildman–Crippen LogP) is 5.06. The molecule has 0 bridgehead atoms. The number of anilines is 2. The SMILES string of the molecule is CS(=O)(=O)N(Cc1ccccc1F)c1ccc(C(=O)Nc2ccccc2C(=O)N2CCCCCC2)cc1. The van der Waals surface area contributed by atoms with E-state index >= 15 is 0 Å². The molecule has 0 saturated carbocycles. The number of nitrogens with zero attached hydrogens (tertiary/aromatic N) is 2. The number of sulfonamides is 1. The number of likely N-dealkylation sites (tertiary alicyclic amines) is 1. The molecule has 2 amide bonds. The summed E-state index contributed by atoms with van der Waals surface area (Å²) in [5, 5.41) is 2.82. The Morgan fingerprint density at radius 3 is 2.16 bits per heavy atom. The molecule has 1 N–H and O–H groups in total. The number of halogens is 1. The summed E-state index contributed by atoms with van der Waals surface area (Å²) < 4.78 is 40.1. The number of benzene rings is 3. The van der Waals surface area contributed by atoms with Crippen LogP contribution in [0.2, 0.25) is 0 Å². The number of amides is 2. The van der Waals surface area contributed by atoms with E-state index in [1.807, 2.05) is 4.90 Å². The van der Waals surface area contributed by atoms with Crippen molar-refractivity contribution in [2.24, 2.45) is 0 Å². The first-order chi connectivity index (χ1) is 17.7. The lowest BCUT2D eigenvalue weighted by molar-refractivity contribution is 0.0762. The van der Waals surface area contributed by atoms with Crippen molar-refractivity contribution in [1.29, 1.82) is 0 Å². The lowest BCUT2D eigenvalue weighted by Gasteiger charge is -2.23. The molecular formula is C28H30FN3O4S. The summed E-state index contributed by atoms with van der Waals surface area (Å²) in [7, 11) is -3.72. The fraction of sp³-hybridized carbons (Fsp3) is 0.286. The number of para-hydroxylation sites is 1. The average molecular weight is 524 g/mol. The highest BCUT2D eigenvalue weighted by Crippen LogP contribution is 2.24. The molecule has 1 aliphatic rings. The Morgan fingerprint density at radius 2 is 1.51 bits per heavy atom. The van der Waals surface area contributed by atoms with Crippen LogP contribution in [0.25, 0.3) is 0 Å². The van der Waals surface area contributed by atoms with Gasteiger partial charge in [0.2, 0.25) is 10.0 Å². The molecule has 4 rings (SSSR count). The molecule has 0 atom stereocenters. The number of hydrogen-bond acceptors (Lipinski definition) is 4. The molecule has 1 heterocycles. The third-order valence-electron chi connectivity index (χ3n) is 6.39. The Balaban J connectivity index is 1.52. The lowest BCUT2D eigenvalue weighted by Crippen LogP contribution is -2.32. The highest BCUT2D eigenvalue weighted by Gasteiger charge is 2.22. The topological polar surface area (TPSA) is 86.8 Å². The third-order valence-corrected chi connectivity index (χ3v) is 7.53. The van der Waals surface area contributed by atoms with Gasteiger partial charge in [-0.3, -0.25) is 13.9 Å². The van der Waals surface area contributed by atoms with E-state index in [1.54, 1.807) is 30.3 Å². The molecule has 37 heavy (non-hydrogen) atoms. The van der Waals surface area contributed by atoms with Gasteiger partial charge >= 0.3 is 0 Å². The zero-order valence-corrected chi connectivity index (χ0v) is 21.5. The summed E-state index contributed by atoms with van der Waals surface area (Å²) in [4.78, 5) is 28.0. The monoisotopic (exact) mass is 523 g/mol. The van der Waals surface area contributed by atoms with Crippen molar-refractivity contribution in [1.82, 2.24) is 4.90 Å². The number of hydrogen-bond donors (Lipinski definition) is 1. The van der Waals surface area contributed by atoms with Gasteiger partial charge in [-0.2, -0.15) is 0 Å². The highest BCUT2D eigenvalue weighted by atomic mass is 32.2. The van der Waals surface area contributed by atoms with Gasteiger partial charge in [0.1, 0.15) is 5.82 Å². The van der Waals surface area contributed by atoms with E-state index in [2.05, 4.69) is 5.32 Å². The molecule has 7 nitrogen and oxygen atoms in total. The van der Waals surface area contributed by atoms with Gasteiger partial charge < -0.3 is 10.2 Å². The molecule has 0 aliphatic carbocycles. The van der Waals surface area contributed by atoms with Crippen LogP contribution in [0.1, 0.15) is 52.0 Å². The molecular weight excluding hydrogens is 493 g/mol. The second kappa shape index (κ2) is 11.6. The first-order valence-corrected chi connectivity index (χ1v) is 14.1. The fourth-order valence-electron chi connectivity index (χ4n) is 4.38. The Kier molecular flexibility index (Phi) is 8.23. The molecule has 0 aromatic heterocycles. The maximum Gasteiger partial charge on any atom is 0.255 e. The van der Waals surface area contributed by atoms with Gasteiger partial charge in [-0.15, -0.1) is 0 Å². The molecule has 1 saturated heterocycles. The van der Waals surface area contributed by atoms with Crippen LogP contribution in [-0.2, 0) is 16.6 Å². The summed E-state index contributed by atoms with van der Waals surface area (Å²) in [6, 6.07) is 18.9. The molecule has 0 unspecified atom stereocenters. The smallest absolute Gasteiger partial charge is 0.255 e. The van der Waals surface area contributed by atoms with Gasteiger partial charge in [0.15, 0.2) is 0 Å². The van der Waals surface area contributed by atoms with Crippen LogP contribution in [0.3, 0.4) is 0 Å². The maximum absolute atomic E-state index is 14.2. The van der Waals surface area contributed by atoms with Crippen LogP contribution < -0.4 is 9.62 Å². The molecule has 1 fully saturated rings. The Labute approximate surface area is 217 Å². The van der Waals surface area contributed by atoms with E-state index in [1.165, 1.54) is 42.5 Å². The van der Waals surface area contributed by atoms with Gasteiger partial charge in [-0.05, 0) is 55.3 Å². The lowest BCUT2D eigenvalue weighted by atomic mass is 10.1. The standard InChI is InChI=1S/C28H30FN3O4S/c1-37(35,36)32(20-22-10-4-6-12-25(22)29)23-16-14-21(15-17-23)27(33)30-26-13-7-5-11-24(26)28(34)31-18-8-2-3-9-19-31/h4-7,10-17H,2-3,8-9,18-20H2,1H3,(H,30,33). The van der Waals surface area contributed by atoms with Crippen molar-refractivity contribution in [3.8, 4) is 0 Å². The molecule has 3 aromatic rings. The second-order valence-corrected chi connectivity index (χ2v) is 11.0. The van der Waals surface area contributed by atoms with E-state index in [4.69, 9.17) is 0 Å². The third kappa shape index (κ3) is 6.54. The number of carbonyl (C=O) groups excluding carboxylic acids is 2. The van der Waals surface area contributed by atoms with Crippen molar-refractivity contribution in [3.63, 3.8) is 0 Å². The molecule has 9 heteroatoms. The fourth-order valence-corrected chi connectivity index (χ4v) is 5.26. The molecule has 3 aromatic carbocycles. The van der Waals surface area contributed by atoms with E-state index in [0.717, 1.165) is 36.2 Å². The normalized spacial score (nSPS) is 14.1. The first kappa shape index (κ1) is 26.3. The van der Waals surface area contributed by atoms with Crippen molar-refractivity contribution < 1.29 is 22.4 Å². The Morgan fingerprint density at radius 1 is 0.892 bits per heavy atom. The minimum atomic E-state index is -3.72. The van der Waals surface area contributed by atoms with Crippen molar-refractivity contribution in [2.45, 2.75) is 32.2 Å². The van der Waals surface area contributed by atoms with Crippen LogP contribution in [-0.4, -0.2) is 44.5 Å². The van der Waals surface area contributed by atoms with E-state index in [9.17, 15) is 22.4 Å². The minimum absolute atomic E-state index is 0.106. The van der Waals surface area contributed by atoms with Crippen LogP contribution in [0.15, 0.2) is 72.8 Å². The average Bonchev–Trinajstić information content (AvgIpc) is 3.17. The van der Waals surface area contributed by atoms with Gasteiger partial charge in [0.25, 0.3) is 11.8 Å². The number of nitrogens with one attached hydrogen (secondary N) is 1. The largest absolute Gasteiger partial charge is 0.339 e. The number of carbonyl (C=O) groups is 2. The van der Waals surface area contributed by atoms with Gasteiger partial charge in [0, 0.05) is 24.2 Å². The predicted molar refractivity (Wildman–Crippen MR) is 143 cm³/mol. The van der Waals surface area contributed by atoms with Gasteiger partial charge in [-0.1, -0.05) is 43.2 Å². The summed E-state index contributed by atoms with van der Waals surface area (Å²) in [6.45, 7) is 1.22. The maximum atomic E-state index is 14.2. The zero-order valence-electron chi connectivity index (χ0n) is 20.7. The van der Waals surface area contributed by atoms with E-state index in [-0.39, 0.29) is 18.0 Å². The van der Waals surface area contributed by atoms with Crippen LogP contribution >= 0.6 is 0 Å². The molecule has 0 spiro atoms. The number of rotatable bonds is 7. The first-order valence-electron chi connectivity index (χ1n) is 12.2. The second-order valence-electron chi connectivity index (χ2n) is 9.11. The van der Waals surface area contributed by atoms with Crippen molar-refractivity contribution in [2.75, 3.05) is 29.0 Å². The summed E-state index contributed by atoms with van der Waals surface area (Å²) >= 11 is 0. The summed E-state index contributed by atoms with van der Waals surface area (Å²) in [6.07, 6.45) is 5.19. The molecule has 0 radical (unpaired) electrons. The molecule has 194 valence electrons. The van der Waals surface area contributed by atoms with E-state index in [0.29, 0.717) is 35.6 Å². The van der Waals surface area contributed by atoms with Crippen LogP contribution in [0.5, 0.6) is 0 Å².